The maximum Gasteiger partial charge on any atom is 0.424 e. The predicted octanol–water partition coefficient (Wildman–Crippen LogP) is 6.13. The molecule has 16 heteroatoms. The molecule has 0 saturated heterocycles. The van der Waals surface area contributed by atoms with Crippen LogP contribution in [0.3, 0.4) is 0 Å². The fraction of sp³-hybridized carbons (Fsp3) is 0.325. The van der Waals surface area contributed by atoms with Crippen LogP contribution < -0.4 is 14.8 Å². The summed E-state index contributed by atoms with van der Waals surface area (Å²) in [6.07, 6.45) is 0.669. The third kappa shape index (κ3) is 9.31. The lowest BCUT2D eigenvalue weighted by molar-refractivity contribution is -0.753. The van der Waals surface area contributed by atoms with E-state index in [1.165, 1.54) is 40.2 Å². The largest absolute Gasteiger partial charge is 0.460 e. The number of ether oxygens (including phenoxy) is 2. The number of carbonyl (C=O) groups is 3. The second kappa shape index (κ2) is 17.3. The standard InChI is InChI=1S/C40H42F2N7O6S/c1-25(36-46-33(21-56-36)28-13-11-27(18-43)12-14-28)40(53,31-17-30(41)15-16-32(31)42)22-48-24-47(23-45-48)26(2)55-38(52)49(37(51)39(3,4)5)34-10-8-7-9-29(34)20-54-35(50)19-44-6/h7-17,21,23-26,44,53H,19-20,22H2,1-6H3/q+1. The highest BCUT2D eigenvalue weighted by molar-refractivity contribution is 7.10. The van der Waals surface area contributed by atoms with Crippen LogP contribution in [0.15, 0.2) is 84.8 Å². The van der Waals surface area contributed by atoms with Crippen molar-refractivity contribution >= 4 is 35.0 Å². The van der Waals surface area contributed by atoms with Gasteiger partial charge in [-0.1, -0.05) is 58.0 Å². The van der Waals surface area contributed by atoms with Gasteiger partial charge in [-0.3, -0.25) is 9.59 Å². The number of hydrogen-bond acceptors (Lipinski definition) is 11. The third-order valence-electron chi connectivity index (χ3n) is 8.98. The molecule has 5 rings (SSSR count). The summed E-state index contributed by atoms with van der Waals surface area (Å²) in [4.78, 5) is 45.3. The first-order valence-electron chi connectivity index (χ1n) is 17.6. The number of imide groups is 1. The number of nitrogens with one attached hydrogen (secondary N) is 1. The Bertz CT molecular complexity index is 2250. The van der Waals surface area contributed by atoms with Crippen LogP contribution in [0.1, 0.15) is 68.5 Å². The molecule has 0 aliphatic rings. The average Bonchev–Trinajstić information content (AvgIpc) is 3.85. The van der Waals surface area contributed by atoms with E-state index in [9.17, 15) is 23.9 Å². The molecule has 292 valence electrons. The van der Waals surface area contributed by atoms with Crippen molar-refractivity contribution in [2.24, 2.45) is 5.41 Å². The van der Waals surface area contributed by atoms with Crippen LogP contribution in [0.2, 0.25) is 0 Å². The van der Waals surface area contributed by atoms with Gasteiger partial charge in [-0.15, -0.1) is 16.0 Å². The van der Waals surface area contributed by atoms with Gasteiger partial charge in [-0.25, -0.2) is 23.5 Å². The number of benzene rings is 3. The number of anilines is 1. The topological polar surface area (TPSA) is 164 Å². The first-order chi connectivity index (χ1) is 26.5. The van der Waals surface area contributed by atoms with E-state index in [0.29, 0.717) is 21.8 Å². The number of aromatic nitrogens is 4. The number of nitriles is 1. The van der Waals surface area contributed by atoms with Gasteiger partial charge in [0.2, 0.25) is 18.5 Å². The number of carbonyl (C=O) groups excluding carboxylic acids is 3. The monoisotopic (exact) mass is 786 g/mol. The first-order valence-corrected chi connectivity index (χ1v) is 18.4. The summed E-state index contributed by atoms with van der Waals surface area (Å²) >= 11 is 1.23. The van der Waals surface area contributed by atoms with E-state index in [1.54, 1.807) is 88.7 Å². The lowest BCUT2D eigenvalue weighted by Gasteiger charge is -2.32. The molecule has 56 heavy (non-hydrogen) atoms. The molecule has 2 heterocycles. The number of hydrogen-bond donors (Lipinski definition) is 2. The van der Waals surface area contributed by atoms with Crippen molar-refractivity contribution < 1.29 is 42.3 Å². The number of thiazole rings is 1. The van der Waals surface area contributed by atoms with E-state index in [4.69, 9.17) is 19.7 Å². The van der Waals surface area contributed by atoms with Crippen LogP contribution >= 0.6 is 11.3 Å². The molecule has 0 spiro atoms. The SMILES string of the molecule is CNCC(=O)OCc1ccccc1N(C(=O)OC(C)[n+]1cnn(CC(O)(c2cc(F)ccc2F)C(C)c2nc(-c3ccc(C#N)cc3)cs2)c1)C(=O)C(C)(C)C. The Hall–Kier alpha value is -5.89. The Morgan fingerprint density at radius 2 is 1.80 bits per heavy atom. The molecule has 3 aromatic carbocycles. The number of halogens is 2. The summed E-state index contributed by atoms with van der Waals surface area (Å²) in [7, 11) is 1.60. The predicted molar refractivity (Wildman–Crippen MR) is 202 cm³/mol. The first kappa shape index (κ1) is 41.3. The van der Waals surface area contributed by atoms with Crippen molar-refractivity contribution in [3.8, 4) is 17.3 Å². The van der Waals surface area contributed by atoms with Gasteiger partial charge in [0.05, 0.1) is 34.6 Å². The van der Waals surface area contributed by atoms with E-state index >= 15 is 4.39 Å². The minimum atomic E-state index is -2.09. The van der Waals surface area contributed by atoms with E-state index in [2.05, 4.69) is 16.5 Å². The van der Waals surface area contributed by atoms with Crippen molar-refractivity contribution in [3.63, 3.8) is 0 Å². The second-order valence-corrected chi connectivity index (χ2v) is 15.0. The summed E-state index contributed by atoms with van der Waals surface area (Å²) in [5.41, 5.74) is -1.08. The zero-order valence-corrected chi connectivity index (χ0v) is 32.5. The molecule has 0 aliphatic carbocycles. The molecule has 0 fully saturated rings. The summed E-state index contributed by atoms with van der Waals surface area (Å²) in [5, 5.41) is 30.8. The van der Waals surface area contributed by atoms with Gasteiger partial charge in [-0.2, -0.15) is 9.83 Å². The molecule has 3 atom stereocenters. The number of nitrogens with zero attached hydrogens (tertiary/aromatic N) is 6. The Balaban J connectivity index is 1.42. The highest BCUT2D eigenvalue weighted by Gasteiger charge is 2.44. The molecule has 2 N–H and O–H groups in total. The fourth-order valence-corrected chi connectivity index (χ4v) is 6.74. The molecule has 2 aromatic heterocycles. The fourth-order valence-electron chi connectivity index (χ4n) is 5.77. The van der Waals surface area contributed by atoms with Crippen LogP contribution in [0, 0.1) is 28.4 Å². The molecular formula is C40H42F2N7O6S+. The van der Waals surface area contributed by atoms with Crippen molar-refractivity contribution in [3.05, 3.63) is 118 Å². The van der Waals surface area contributed by atoms with Crippen LogP contribution in [0.4, 0.5) is 19.3 Å². The average molecular weight is 787 g/mol. The Morgan fingerprint density at radius 3 is 2.48 bits per heavy atom. The lowest BCUT2D eigenvalue weighted by Crippen LogP contribution is -2.47. The van der Waals surface area contributed by atoms with Gasteiger partial charge in [0.15, 0.2) is 0 Å². The van der Waals surface area contributed by atoms with Crippen molar-refractivity contribution in [1.29, 1.82) is 5.26 Å². The molecule has 2 amide bonds. The quantitative estimate of drug-likeness (QED) is 0.105. The summed E-state index contributed by atoms with van der Waals surface area (Å²) in [6, 6.07) is 18.2. The third-order valence-corrected chi connectivity index (χ3v) is 10.0. The summed E-state index contributed by atoms with van der Waals surface area (Å²) < 4.78 is 43.9. The van der Waals surface area contributed by atoms with Crippen molar-refractivity contribution in [2.75, 3.05) is 18.5 Å². The molecule has 13 nitrogen and oxygen atoms in total. The van der Waals surface area contributed by atoms with Gasteiger partial charge in [0.1, 0.15) is 30.4 Å². The van der Waals surface area contributed by atoms with Crippen LogP contribution in [0.5, 0.6) is 0 Å². The maximum atomic E-state index is 15.5. The van der Waals surface area contributed by atoms with Gasteiger partial charge in [0.25, 0.3) is 6.33 Å². The van der Waals surface area contributed by atoms with Crippen LogP contribution in [-0.4, -0.2) is 51.4 Å². The van der Waals surface area contributed by atoms with E-state index < -0.39 is 52.8 Å². The Labute approximate surface area is 326 Å². The molecule has 3 unspecified atom stereocenters. The molecule has 0 saturated carbocycles. The number of likely N-dealkylation sites (N-methyl/N-ethyl adjacent to an activating group) is 1. The summed E-state index contributed by atoms with van der Waals surface area (Å²) in [5.74, 6) is -3.59. The second-order valence-electron chi connectivity index (χ2n) is 14.1. The minimum absolute atomic E-state index is 0.0313. The maximum absolute atomic E-state index is 15.5. The van der Waals surface area contributed by atoms with Gasteiger partial charge in [-0.05, 0) is 43.4 Å². The van der Waals surface area contributed by atoms with Crippen LogP contribution in [-0.2, 0) is 37.8 Å². The minimum Gasteiger partial charge on any atom is -0.460 e. The molecule has 0 bridgehead atoms. The van der Waals surface area contributed by atoms with E-state index in [0.717, 1.165) is 28.7 Å². The normalized spacial score (nSPS) is 13.6. The van der Waals surface area contributed by atoms with Gasteiger partial charge < -0.3 is 19.9 Å². The molecule has 0 radical (unpaired) electrons. The zero-order chi connectivity index (χ0) is 40.8. The summed E-state index contributed by atoms with van der Waals surface area (Å²) in [6.45, 7) is 7.52. The van der Waals surface area contributed by atoms with Crippen molar-refractivity contribution in [1.82, 2.24) is 20.1 Å². The Morgan fingerprint density at radius 1 is 1.09 bits per heavy atom. The number of rotatable bonds is 13. The highest BCUT2D eigenvalue weighted by atomic mass is 32.1. The molecule has 0 aliphatic heterocycles. The van der Waals surface area contributed by atoms with E-state index in [-0.39, 0.29) is 30.9 Å². The van der Waals surface area contributed by atoms with Crippen LogP contribution in [0.25, 0.3) is 11.3 Å². The van der Waals surface area contributed by atoms with Gasteiger partial charge in [0, 0.05) is 45.4 Å². The highest BCUT2D eigenvalue weighted by Crippen LogP contribution is 2.41. The van der Waals surface area contributed by atoms with Gasteiger partial charge >= 0.3 is 12.1 Å². The Kier molecular flexibility index (Phi) is 12.7. The molecule has 5 aromatic rings. The number of amides is 2. The lowest BCUT2D eigenvalue weighted by atomic mass is 9.82. The zero-order valence-electron chi connectivity index (χ0n) is 31.7. The number of esters is 1. The molecular weight excluding hydrogens is 745 g/mol. The smallest absolute Gasteiger partial charge is 0.424 e. The van der Waals surface area contributed by atoms with Crippen molar-refractivity contribution in [2.45, 2.75) is 65.5 Å². The number of aliphatic hydroxyl groups is 1. The van der Waals surface area contributed by atoms with E-state index in [1.807, 2.05) is 0 Å². The number of para-hydroxylation sites is 1.